The predicted molar refractivity (Wildman–Crippen MR) is 128 cm³/mol. The number of ether oxygens (including phenoxy) is 3. The molecule has 0 aliphatic rings. The van der Waals surface area contributed by atoms with Crippen LogP contribution < -0.4 is 19.5 Å². The average molecular weight is 466 g/mol. The Morgan fingerprint density at radius 1 is 0.812 bits per heavy atom. The van der Waals surface area contributed by atoms with Gasteiger partial charge in [0.05, 0.1) is 34.5 Å². The van der Waals surface area contributed by atoms with Gasteiger partial charge in [-0.15, -0.1) is 0 Å². The average Bonchev–Trinajstić information content (AvgIpc) is 2.79. The van der Waals surface area contributed by atoms with Gasteiger partial charge < -0.3 is 28.6 Å². The maximum atomic E-state index is 14.3. The molecule has 2 aromatic carbocycles. The van der Waals surface area contributed by atoms with Crippen LogP contribution in [0.2, 0.25) is 0 Å². The van der Waals surface area contributed by atoms with Crippen molar-refractivity contribution >= 4 is 13.3 Å². The molecule has 1 unspecified atom stereocenters. The molecule has 0 bridgehead atoms. The third-order valence-electron chi connectivity index (χ3n) is 4.57. The Morgan fingerprint density at radius 2 is 1.31 bits per heavy atom. The van der Waals surface area contributed by atoms with Crippen LogP contribution >= 0.6 is 7.60 Å². The lowest BCUT2D eigenvalue weighted by atomic mass is 10.1. The van der Waals surface area contributed by atoms with Crippen molar-refractivity contribution in [2.75, 3.05) is 39.9 Å². The number of para-hydroxylation sites is 1. The van der Waals surface area contributed by atoms with E-state index in [1.165, 1.54) is 0 Å². The van der Waals surface area contributed by atoms with Gasteiger partial charge in [0, 0.05) is 5.69 Å². The van der Waals surface area contributed by atoms with Crippen LogP contribution in [0.25, 0.3) is 0 Å². The lowest BCUT2D eigenvalue weighted by Gasteiger charge is -2.30. The summed E-state index contributed by atoms with van der Waals surface area (Å²) in [5.41, 5.74) is 1.42. The molecule has 0 heterocycles. The molecule has 0 aromatic heterocycles. The Balaban J connectivity index is 2.63. The summed E-state index contributed by atoms with van der Waals surface area (Å²) in [6.45, 7) is 8.62. The smallest absolute Gasteiger partial charge is 0.357 e. The Kier molecular flexibility index (Phi) is 9.88. The van der Waals surface area contributed by atoms with Crippen LogP contribution in [-0.4, -0.2) is 34.5 Å². The van der Waals surface area contributed by atoms with E-state index in [0.29, 0.717) is 36.0 Å². The third kappa shape index (κ3) is 6.89. The van der Waals surface area contributed by atoms with E-state index < -0.39 is 13.4 Å². The van der Waals surface area contributed by atoms with E-state index in [0.717, 1.165) is 5.69 Å². The molecular formula is C24H36NO6P. The van der Waals surface area contributed by atoms with Crippen molar-refractivity contribution in [1.29, 1.82) is 0 Å². The molecule has 32 heavy (non-hydrogen) atoms. The molecular weight excluding hydrogens is 429 g/mol. The zero-order chi connectivity index (χ0) is 23.7. The van der Waals surface area contributed by atoms with Crippen LogP contribution in [0.4, 0.5) is 5.69 Å². The SMILES string of the molecule is COc1cc(C(Nc2ccccc2)P(=O)(OCC(C)C)OCC(C)C)cc(OC)c1OC. The first-order chi connectivity index (χ1) is 15.2. The minimum Gasteiger partial charge on any atom is -0.493 e. The molecule has 0 radical (unpaired) electrons. The van der Waals surface area contributed by atoms with Gasteiger partial charge in [0.2, 0.25) is 5.75 Å². The van der Waals surface area contributed by atoms with Crippen molar-refractivity contribution < 1.29 is 27.8 Å². The van der Waals surface area contributed by atoms with E-state index in [2.05, 4.69) is 5.32 Å². The molecule has 0 aliphatic heterocycles. The molecule has 0 fully saturated rings. The highest BCUT2D eigenvalue weighted by Crippen LogP contribution is 2.62. The summed E-state index contributed by atoms with van der Waals surface area (Å²) in [5.74, 6) is 0.947. The molecule has 2 aromatic rings. The van der Waals surface area contributed by atoms with Crippen LogP contribution in [0.1, 0.15) is 39.0 Å². The van der Waals surface area contributed by atoms with Gasteiger partial charge in [-0.05, 0) is 41.7 Å². The summed E-state index contributed by atoms with van der Waals surface area (Å²) >= 11 is 0. The molecule has 0 saturated carbocycles. The molecule has 2 rings (SSSR count). The summed E-state index contributed by atoms with van der Waals surface area (Å²) < 4.78 is 42.7. The fraction of sp³-hybridized carbons (Fsp3) is 0.500. The highest BCUT2D eigenvalue weighted by molar-refractivity contribution is 7.54. The van der Waals surface area contributed by atoms with Gasteiger partial charge >= 0.3 is 7.60 Å². The molecule has 0 aliphatic carbocycles. The number of rotatable bonds is 13. The number of benzene rings is 2. The number of anilines is 1. The number of hydrogen-bond acceptors (Lipinski definition) is 7. The van der Waals surface area contributed by atoms with Crippen LogP contribution in [0, 0.1) is 11.8 Å². The van der Waals surface area contributed by atoms with E-state index in [1.807, 2.05) is 58.0 Å². The quantitative estimate of drug-likeness (QED) is 0.345. The van der Waals surface area contributed by atoms with Crippen molar-refractivity contribution in [2.24, 2.45) is 11.8 Å². The molecule has 0 saturated heterocycles. The van der Waals surface area contributed by atoms with Crippen LogP contribution in [0.5, 0.6) is 17.2 Å². The molecule has 1 atom stereocenters. The van der Waals surface area contributed by atoms with Gasteiger partial charge in [-0.3, -0.25) is 4.57 Å². The van der Waals surface area contributed by atoms with E-state index in [4.69, 9.17) is 23.3 Å². The van der Waals surface area contributed by atoms with Crippen LogP contribution in [0.3, 0.4) is 0 Å². The topological polar surface area (TPSA) is 75.3 Å². The Bertz CT molecular complexity index is 846. The largest absolute Gasteiger partial charge is 0.493 e. The number of methoxy groups -OCH3 is 3. The van der Waals surface area contributed by atoms with Gasteiger partial charge in [-0.25, -0.2) is 0 Å². The monoisotopic (exact) mass is 465 g/mol. The number of nitrogens with one attached hydrogen (secondary N) is 1. The molecule has 0 amide bonds. The summed E-state index contributed by atoms with van der Waals surface area (Å²) in [6, 6.07) is 13.1. The zero-order valence-corrected chi connectivity index (χ0v) is 21.0. The van der Waals surface area contributed by atoms with Crippen molar-refractivity contribution in [3.8, 4) is 17.2 Å². The van der Waals surface area contributed by atoms with Crippen LogP contribution in [-0.2, 0) is 13.6 Å². The second-order valence-corrected chi connectivity index (χ2v) is 10.4. The Hall–Kier alpha value is -2.21. The van der Waals surface area contributed by atoms with Crippen molar-refractivity contribution in [3.05, 3.63) is 48.0 Å². The Morgan fingerprint density at radius 3 is 1.72 bits per heavy atom. The van der Waals surface area contributed by atoms with E-state index >= 15 is 0 Å². The van der Waals surface area contributed by atoms with E-state index in [1.54, 1.807) is 33.5 Å². The first-order valence-electron chi connectivity index (χ1n) is 10.7. The van der Waals surface area contributed by atoms with Gasteiger partial charge in [-0.2, -0.15) is 0 Å². The molecule has 0 spiro atoms. The summed E-state index contributed by atoms with van der Waals surface area (Å²) in [7, 11) is 0.965. The first kappa shape index (κ1) is 26.0. The van der Waals surface area contributed by atoms with E-state index in [9.17, 15) is 4.57 Å². The van der Waals surface area contributed by atoms with Gasteiger partial charge in [0.25, 0.3) is 0 Å². The summed E-state index contributed by atoms with van der Waals surface area (Å²) in [5, 5.41) is 3.36. The third-order valence-corrected chi connectivity index (χ3v) is 6.65. The van der Waals surface area contributed by atoms with Crippen molar-refractivity contribution in [3.63, 3.8) is 0 Å². The van der Waals surface area contributed by atoms with Gasteiger partial charge in [0.1, 0.15) is 0 Å². The fourth-order valence-electron chi connectivity index (χ4n) is 2.99. The van der Waals surface area contributed by atoms with Crippen molar-refractivity contribution in [2.45, 2.75) is 33.5 Å². The highest BCUT2D eigenvalue weighted by atomic mass is 31.2. The standard InChI is InChI=1S/C24H36NO6P/c1-17(2)15-30-32(26,31-16-18(3)4)24(25-20-11-9-8-10-12-20)19-13-21(27-5)23(29-7)22(14-19)28-6/h8-14,17-18,24-25H,15-16H2,1-7H3. The lowest BCUT2D eigenvalue weighted by molar-refractivity contribution is 0.168. The maximum Gasteiger partial charge on any atom is 0.357 e. The summed E-state index contributed by atoms with van der Waals surface area (Å²) in [4.78, 5) is 0. The predicted octanol–water partition coefficient (Wildman–Crippen LogP) is 6.36. The Labute approximate surface area is 191 Å². The lowest BCUT2D eigenvalue weighted by Crippen LogP contribution is -2.18. The second-order valence-electron chi connectivity index (χ2n) is 8.29. The summed E-state index contributed by atoms with van der Waals surface area (Å²) in [6.07, 6.45) is 0. The number of hydrogen-bond donors (Lipinski definition) is 1. The normalized spacial score (nSPS) is 12.7. The minimum atomic E-state index is -3.67. The van der Waals surface area contributed by atoms with Gasteiger partial charge in [-0.1, -0.05) is 45.9 Å². The van der Waals surface area contributed by atoms with Crippen molar-refractivity contribution in [1.82, 2.24) is 0 Å². The molecule has 1 N–H and O–H groups in total. The van der Waals surface area contributed by atoms with E-state index in [-0.39, 0.29) is 11.8 Å². The fourth-order valence-corrected chi connectivity index (χ4v) is 5.19. The minimum absolute atomic E-state index is 0.184. The van der Waals surface area contributed by atoms with Crippen LogP contribution in [0.15, 0.2) is 42.5 Å². The highest BCUT2D eigenvalue weighted by Gasteiger charge is 2.39. The van der Waals surface area contributed by atoms with Gasteiger partial charge in [0.15, 0.2) is 17.3 Å². The molecule has 7 nitrogen and oxygen atoms in total. The molecule has 8 heteroatoms. The first-order valence-corrected chi connectivity index (χ1v) is 12.4. The molecule has 178 valence electrons. The second kappa shape index (κ2) is 12.1. The zero-order valence-electron chi connectivity index (χ0n) is 20.1. The maximum absolute atomic E-state index is 14.3.